The predicted octanol–water partition coefficient (Wildman–Crippen LogP) is 11.3. The lowest BCUT2D eigenvalue weighted by atomic mass is 9.99. The van der Waals surface area contributed by atoms with Crippen LogP contribution in [0.3, 0.4) is 0 Å². The third-order valence-electron chi connectivity index (χ3n) is 9.59. The van der Waals surface area contributed by atoms with E-state index in [4.69, 9.17) is 0 Å². The largest absolute Gasteiger partial charge is 0.309 e. The van der Waals surface area contributed by atoms with Crippen molar-refractivity contribution >= 4 is 54.9 Å². The van der Waals surface area contributed by atoms with Crippen LogP contribution in [0.2, 0.25) is 0 Å². The Morgan fingerprint density at radius 3 is 1.98 bits per heavy atom. The molecule has 51 heavy (non-hydrogen) atoms. The van der Waals surface area contributed by atoms with Crippen LogP contribution in [0, 0.1) is 34.0 Å². The summed E-state index contributed by atoms with van der Waals surface area (Å²) in [7, 11) is 0. The SMILES string of the molecule is C=C(C#N)/C(=C\C=C(/C)c1ccc(-c2ccccc2-n2c3ccccc3c3ccccc32)cc1)n1c2ccc(C#N)cc2c2c(C#N)cccc21. The van der Waals surface area contributed by atoms with E-state index in [2.05, 4.69) is 126 Å². The summed E-state index contributed by atoms with van der Waals surface area (Å²) in [6.07, 6.45) is 3.90. The first kappa shape index (κ1) is 30.9. The fourth-order valence-electron chi connectivity index (χ4n) is 7.17. The van der Waals surface area contributed by atoms with Gasteiger partial charge in [0.1, 0.15) is 6.07 Å². The molecule has 6 aromatic carbocycles. The number of para-hydroxylation sites is 3. The van der Waals surface area contributed by atoms with Gasteiger partial charge in [0.2, 0.25) is 0 Å². The zero-order valence-corrected chi connectivity index (χ0v) is 27.8. The number of hydrogen-bond acceptors (Lipinski definition) is 3. The minimum absolute atomic E-state index is 0.279. The first-order valence-corrected chi connectivity index (χ1v) is 16.6. The number of hydrogen-bond donors (Lipinski definition) is 0. The number of benzene rings is 6. The maximum atomic E-state index is 10.0. The second kappa shape index (κ2) is 12.6. The quantitative estimate of drug-likeness (QED) is 0.132. The van der Waals surface area contributed by atoms with E-state index < -0.39 is 0 Å². The minimum Gasteiger partial charge on any atom is -0.309 e. The van der Waals surface area contributed by atoms with E-state index in [1.54, 1.807) is 18.2 Å². The summed E-state index contributed by atoms with van der Waals surface area (Å²) in [5.41, 5.74) is 11.1. The molecule has 2 aromatic heterocycles. The second-order valence-corrected chi connectivity index (χ2v) is 12.4. The van der Waals surface area contributed by atoms with Crippen molar-refractivity contribution in [3.05, 3.63) is 174 Å². The van der Waals surface area contributed by atoms with Crippen molar-refractivity contribution in [1.29, 1.82) is 15.8 Å². The number of nitrogens with zero attached hydrogens (tertiary/aromatic N) is 5. The van der Waals surface area contributed by atoms with Crippen LogP contribution in [-0.4, -0.2) is 9.13 Å². The summed E-state index contributed by atoms with van der Waals surface area (Å²) in [5, 5.41) is 33.6. The average molecular weight is 652 g/mol. The van der Waals surface area contributed by atoms with E-state index in [1.165, 1.54) is 21.8 Å². The molecule has 5 nitrogen and oxygen atoms in total. The minimum atomic E-state index is 0.279. The summed E-state index contributed by atoms with van der Waals surface area (Å²) in [6, 6.07) is 51.8. The topological polar surface area (TPSA) is 81.2 Å². The van der Waals surface area contributed by atoms with Crippen LogP contribution in [0.5, 0.6) is 0 Å². The summed E-state index contributed by atoms with van der Waals surface area (Å²) in [6.45, 7) is 6.13. The maximum Gasteiger partial charge on any atom is 0.101 e. The van der Waals surface area contributed by atoms with Crippen molar-refractivity contribution in [1.82, 2.24) is 9.13 Å². The molecule has 0 fully saturated rings. The van der Waals surface area contributed by atoms with Gasteiger partial charge in [0, 0.05) is 27.1 Å². The molecule has 0 bridgehead atoms. The smallest absolute Gasteiger partial charge is 0.101 e. The molecule has 0 aliphatic carbocycles. The molecule has 8 rings (SSSR count). The average Bonchev–Trinajstić information content (AvgIpc) is 3.70. The van der Waals surface area contributed by atoms with Gasteiger partial charge in [-0.05, 0) is 78.2 Å². The van der Waals surface area contributed by atoms with Gasteiger partial charge in [-0.2, -0.15) is 15.8 Å². The van der Waals surface area contributed by atoms with Gasteiger partial charge in [0.25, 0.3) is 0 Å². The molecule has 0 atom stereocenters. The molecule has 0 aliphatic rings. The van der Waals surface area contributed by atoms with Gasteiger partial charge < -0.3 is 9.13 Å². The molecular formula is C46H29N5. The van der Waals surface area contributed by atoms with Crippen LogP contribution in [0.25, 0.3) is 71.7 Å². The summed E-state index contributed by atoms with van der Waals surface area (Å²) in [5.74, 6) is 0. The van der Waals surface area contributed by atoms with E-state index in [0.29, 0.717) is 16.8 Å². The number of allylic oxidation sites excluding steroid dienone is 5. The Kier molecular flexibility index (Phi) is 7.62. The van der Waals surface area contributed by atoms with Crippen LogP contribution >= 0.6 is 0 Å². The Bertz CT molecular complexity index is 2850. The number of nitriles is 3. The highest BCUT2D eigenvalue weighted by atomic mass is 15.0. The molecular weight excluding hydrogens is 623 g/mol. The summed E-state index contributed by atoms with van der Waals surface area (Å²) in [4.78, 5) is 0. The highest BCUT2D eigenvalue weighted by Gasteiger charge is 2.19. The van der Waals surface area contributed by atoms with Crippen LogP contribution < -0.4 is 0 Å². The molecule has 0 radical (unpaired) electrons. The summed E-state index contributed by atoms with van der Waals surface area (Å²) < 4.78 is 4.31. The molecule has 0 aliphatic heterocycles. The van der Waals surface area contributed by atoms with Crippen molar-refractivity contribution < 1.29 is 0 Å². The zero-order chi connectivity index (χ0) is 35.1. The molecule has 5 heteroatoms. The standard InChI is InChI=1S/C46H29N5/c1-30(18-24-40(31(2)27-47)50-44-25-19-32(28-48)26-39(44)46-35(29-49)10-9-17-45(46)50)33-20-22-34(23-21-33)36-11-3-6-14-41(36)51-42-15-7-4-12-37(42)38-13-5-8-16-43(38)51/h3-26H,2H2,1H3/b30-18+,40-24+. The molecule has 2 heterocycles. The first-order valence-electron chi connectivity index (χ1n) is 16.6. The Morgan fingerprint density at radius 1 is 0.627 bits per heavy atom. The van der Waals surface area contributed by atoms with Crippen molar-refractivity contribution in [2.45, 2.75) is 6.92 Å². The molecule has 8 aromatic rings. The lowest BCUT2D eigenvalue weighted by Crippen LogP contribution is -1.99. The van der Waals surface area contributed by atoms with Gasteiger partial charge in [-0.15, -0.1) is 0 Å². The molecule has 0 amide bonds. The van der Waals surface area contributed by atoms with Crippen LogP contribution in [0.15, 0.2) is 158 Å². The third-order valence-corrected chi connectivity index (χ3v) is 9.59. The van der Waals surface area contributed by atoms with E-state index in [-0.39, 0.29) is 5.57 Å². The van der Waals surface area contributed by atoms with Crippen LogP contribution in [0.4, 0.5) is 0 Å². The van der Waals surface area contributed by atoms with Gasteiger partial charge in [-0.3, -0.25) is 0 Å². The Hall–Kier alpha value is -7.39. The Balaban J connectivity index is 1.21. The van der Waals surface area contributed by atoms with E-state index in [0.717, 1.165) is 49.8 Å². The van der Waals surface area contributed by atoms with Crippen LogP contribution in [-0.2, 0) is 0 Å². The zero-order valence-electron chi connectivity index (χ0n) is 27.8. The lowest BCUT2D eigenvalue weighted by molar-refractivity contribution is 1.18. The number of fused-ring (bicyclic) bond motifs is 6. The number of aromatic nitrogens is 2. The van der Waals surface area contributed by atoms with Gasteiger partial charge >= 0.3 is 0 Å². The molecule has 0 spiro atoms. The van der Waals surface area contributed by atoms with Crippen molar-refractivity contribution in [2.75, 3.05) is 0 Å². The van der Waals surface area contributed by atoms with Gasteiger partial charge in [-0.1, -0.05) is 97.6 Å². The normalized spacial score (nSPS) is 11.9. The van der Waals surface area contributed by atoms with Crippen molar-refractivity contribution in [2.24, 2.45) is 0 Å². The second-order valence-electron chi connectivity index (χ2n) is 12.4. The highest BCUT2D eigenvalue weighted by Crippen LogP contribution is 2.38. The fourth-order valence-corrected chi connectivity index (χ4v) is 7.17. The van der Waals surface area contributed by atoms with Crippen molar-refractivity contribution in [3.63, 3.8) is 0 Å². The monoisotopic (exact) mass is 651 g/mol. The van der Waals surface area contributed by atoms with Crippen LogP contribution in [0.1, 0.15) is 23.6 Å². The molecule has 238 valence electrons. The third kappa shape index (κ3) is 5.08. The molecule has 0 unspecified atom stereocenters. The summed E-state index contributed by atoms with van der Waals surface area (Å²) >= 11 is 0. The predicted molar refractivity (Wildman–Crippen MR) is 208 cm³/mol. The lowest BCUT2D eigenvalue weighted by Gasteiger charge is -2.14. The first-order chi connectivity index (χ1) is 25.0. The van der Waals surface area contributed by atoms with E-state index in [1.807, 2.05) is 41.8 Å². The fraction of sp³-hybridized carbons (Fsp3) is 0.0217. The van der Waals surface area contributed by atoms with Gasteiger partial charge in [0.15, 0.2) is 0 Å². The molecule has 0 N–H and O–H groups in total. The Morgan fingerprint density at radius 2 is 1.29 bits per heavy atom. The molecule has 0 saturated carbocycles. The van der Waals surface area contributed by atoms with E-state index in [9.17, 15) is 15.8 Å². The van der Waals surface area contributed by atoms with Gasteiger partial charge in [-0.25, -0.2) is 0 Å². The highest BCUT2D eigenvalue weighted by molar-refractivity contribution is 6.14. The van der Waals surface area contributed by atoms with Gasteiger partial charge in [0.05, 0.1) is 62.3 Å². The van der Waals surface area contributed by atoms with E-state index >= 15 is 0 Å². The molecule has 0 saturated heterocycles. The maximum absolute atomic E-state index is 10.0. The van der Waals surface area contributed by atoms with Crippen molar-refractivity contribution in [3.8, 4) is 35.0 Å². The number of rotatable bonds is 6. The Labute approximate surface area is 295 Å².